The van der Waals surface area contributed by atoms with Crippen molar-refractivity contribution in [3.63, 3.8) is 0 Å². The maximum absolute atomic E-state index is 5.26. The van der Waals surface area contributed by atoms with Crippen LogP contribution in [0.15, 0.2) is 0 Å². The Balaban J connectivity index is 4.38. The fourth-order valence-corrected chi connectivity index (χ4v) is 1.73. The highest BCUT2D eigenvalue weighted by Gasteiger charge is 2.29. The van der Waals surface area contributed by atoms with Gasteiger partial charge in [0.15, 0.2) is 12.6 Å². The zero-order valence-corrected chi connectivity index (χ0v) is 10.5. The highest BCUT2D eigenvalue weighted by Crippen LogP contribution is 2.22. The number of hydrogen-bond acceptors (Lipinski definition) is 4. The van der Waals surface area contributed by atoms with Gasteiger partial charge in [-0.15, -0.1) is 0 Å². The third-order valence-corrected chi connectivity index (χ3v) is 2.52. The summed E-state index contributed by atoms with van der Waals surface area (Å²) < 4.78 is 21.0. The van der Waals surface area contributed by atoms with E-state index in [1.165, 1.54) is 0 Å². The first kappa shape index (κ1) is 14.8. The molecule has 0 spiro atoms. The summed E-state index contributed by atoms with van der Waals surface area (Å²) in [5.41, 5.74) is 0. The highest BCUT2D eigenvalue weighted by molar-refractivity contribution is 4.67. The van der Waals surface area contributed by atoms with Gasteiger partial charge in [0, 0.05) is 28.4 Å². The van der Waals surface area contributed by atoms with Crippen LogP contribution in [0.4, 0.5) is 0 Å². The summed E-state index contributed by atoms with van der Waals surface area (Å²) >= 11 is 0. The summed E-state index contributed by atoms with van der Waals surface area (Å²) in [6.45, 7) is 2.15. The minimum atomic E-state index is -0.276. The first-order chi connectivity index (χ1) is 7.24. The molecule has 0 unspecified atom stereocenters. The van der Waals surface area contributed by atoms with Gasteiger partial charge in [-0.1, -0.05) is 19.8 Å². The zero-order chi connectivity index (χ0) is 11.7. The summed E-state index contributed by atoms with van der Waals surface area (Å²) in [5.74, 6) is 0.106. The summed E-state index contributed by atoms with van der Waals surface area (Å²) in [6.07, 6.45) is 2.66. The molecule has 0 saturated heterocycles. The van der Waals surface area contributed by atoms with Gasteiger partial charge in [-0.3, -0.25) is 0 Å². The van der Waals surface area contributed by atoms with Crippen molar-refractivity contribution < 1.29 is 18.9 Å². The Morgan fingerprint density at radius 1 is 0.800 bits per heavy atom. The predicted molar refractivity (Wildman–Crippen MR) is 58.6 cm³/mol. The van der Waals surface area contributed by atoms with Crippen LogP contribution in [0.2, 0.25) is 0 Å². The normalized spacial score (nSPS) is 12.0. The molecule has 0 atom stereocenters. The van der Waals surface area contributed by atoms with Crippen LogP contribution in [-0.2, 0) is 18.9 Å². The second kappa shape index (κ2) is 9.09. The second-order valence-corrected chi connectivity index (χ2v) is 3.49. The topological polar surface area (TPSA) is 36.9 Å². The molecule has 0 aromatic carbocycles. The minimum absolute atomic E-state index is 0.106. The van der Waals surface area contributed by atoms with Crippen LogP contribution in [0.5, 0.6) is 0 Å². The second-order valence-electron chi connectivity index (χ2n) is 3.49. The number of hydrogen-bond donors (Lipinski definition) is 0. The van der Waals surface area contributed by atoms with Gasteiger partial charge in [0.2, 0.25) is 0 Å². The van der Waals surface area contributed by atoms with Crippen molar-refractivity contribution in [3.05, 3.63) is 0 Å². The van der Waals surface area contributed by atoms with Crippen molar-refractivity contribution in [3.8, 4) is 0 Å². The van der Waals surface area contributed by atoms with Gasteiger partial charge in [0.1, 0.15) is 0 Å². The van der Waals surface area contributed by atoms with Crippen LogP contribution in [0.3, 0.4) is 0 Å². The average molecular weight is 220 g/mol. The van der Waals surface area contributed by atoms with E-state index in [0.29, 0.717) is 0 Å². The molecule has 4 nitrogen and oxygen atoms in total. The highest BCUT2D eigenvalue weighted by atomic mass is 16.7. The smallest absolute Gasteiger partial charge is 0.164 e. The largest absolute Gasteiger partial charge is 0.355 e. The molecule has 0 aliphatic carbocycles. The van der Waals surface area contributed by atoms with Gasteiger partial charge in [0.25, 0.3) is 0 Å². The molecule has 4 heteroatoms. The Labute approximate surface area is 92.8 Å². The van der Waals surface area contributed by atoms with Gasteiger partial charge in [-0.25, -0.2) is 0 Å². The van der Waals surface area contributed by atoms with E-state index in [1.54, 1.807) is 28.4 Å². The minimum Gasteiger partial charge on any atom is -0.355 e. The number of ether oxygens (including phenoxy) is 4. The molecule has 0 amide bonds. The molecular formula is C11H24O4. The maximum Gasteiger partial charge on any atom is 0.164 e. The lowest BCUT2D eigenvalue weighted by molar-refractivity contribution is -0.223. The summed E-state index contributed by atoms with van der Waals surface area (Å²) in [5, 5.41) is 0. The van der Waals surface area contributed by atoms with Crippen molar-refractivity contribution in [2.75, 3.05) is 28.4 Å². The van der Waals surface area contributed by atoms with E-state index < -0.39 is 0 Å². The molecule has 0 aromatic heterocycles. The number of rotatable bonds is 9. The van der Waals surface area contributed by atoms with Crippen LogP contribution in [-0.4, -0.2) is 41.0 Å². The van der Waals surface area contributed by atoms with Gasteiger partial charge < -0.3 is 18.9 Å². The fraction of sp³-hybridized carbons (Fsp3) is 1.00. The summed E-state index contributed by atoms with van der Waals surface area (Å²) in [6, 6.07) is 0. The Hall–Kier alpha value is -0.160. The quantitative estimate of drug-likeness (QED) is 0.557. The third kappa shape index (κ3) is 4.93. The molecule has 0 heterocycles. The van der Waals surface area contributed by atoms with Crippen LogP contribution >= 0.6 is 0 Å². The average Bonchev–Trinajstić information content (AvgIpc) is 2.28. The lowest BCUT2D eigenvalue weighted by Gasteiger charge is -2.30. The Bertz CT molecular complexity index is 121. The Morgan fingerprint density at radius 3 is 1.47 bits per heavy atom. The first-order valence-electron chi connectivity index (χ1n) is 5.36. The predicted octanol–water partition coefficient (Wildman–Crippen LogP) is 2.03. The molecular weight excluding hydrogens is 196 g/mol. The maximum atomic E-state index is 5.26. The van der Waals surface area contributed by atoms with Crippen LogP contribution in [0.1, 0.15) is 26.2 Å². The van der Waals surface area contributed by atoms with Crippen molar-refractivity contribution in [2.24, 2.45) is 5.92 Å². The van der Waals surface area contributed by atoms with Crippen molar-refractivity contribution in [2.45, 2.75) is 38.8 Å². The Kier molecular flexibility index (Phi) is 9.00. The van der Waals surface area contributed by atoms with Crippen molar-refractivity contribution in [1.82, 2.24) is 0 Å². The monoisotopic (exact) mass is 220 g/mol. The fourth-order valence-electron chi connectivity index (χ4n) is 1.73. The van der Waals surface area contributed by atoms with Crippen molar-refractivity contribution >= 4 is 0 Å². The van der Waals surface area contributed by atoms with Gasteiger partial charge in [-0.2, -0.15) is 0 Å². The van der Waals surface area contributed by atoms with Crippen LogP contribution in [0, 0.1) is 5.92 Å². The molecule has 0 aromatic rings. The molecule has 0 rings (SSSR count). The third-order valence-electron chi connectivity index (χ3n) is 2.52. The molecule has 0 radical (unpaired) electrons. The zero-order valence-electron chi connectivity index (χ0n) is 10.5. The van der Waals surface area contributed by atoms with E-state index in [0.717, 1.165) is 19.3 Å². The van der Waals surface area contributed by atoms with E-state index in [2.05, 4.69) is 6.92 Å². The van der Waals surface area contributed by atoms with E-state index in [9.17, 15) is 0 Å². The van der Waals surface area contributed by atoms with E-state index >= 15 is 0 Å². The van der Waals surface area contributed by atoms with Crippen LogP contribution < -0.4 is 0 Å². The van der Waals surface area contributed by atoms with Gasteiger partial charge in [-0.05, 0) is 6.42 Å². The van der Waals surface area contributed by atoms with Gasteiger partial charge >= 0.3 is 0 Å². The molecule has 0 aliphatic heterocycles. The lowest BCUT2D eigenvalue weighted by atomic mass is 10.0. The number of methoxy groups -OCH3 is 4. The molecule has 92 valence electrons. The molecule has 15 heavy (non-hydrogen) atoms. The van der Waals surface area contributed by atoms with E-state index in [4.69, 9.17) is 18.9 Å². The molecule has 0 bridgehead atoms. The SMILES string of the molecule is CCCCC(C(OC)OC)C(OC)OC. The molecule has 0 fully saturated rings. The molecule has 0 N–H and O–H groups in total. The van der Waals surface area contributed by atoms with E-state index in [-0.39, 0.29) is 18.5 Å². The standard InChI is InChI=1S/C11H24O4/c1-6-7-8-9(10(12-2)13-3)11(14-4)15-5/h9-11H,6-8H2,1-5H3. The molecule has 0 aliphatic rings. The van der Waals surface area contributed by atoms with Gasteiger partial charge in [0.05, 0.1) is 5.92 Å². The first-order valence-corrected chi connectivity index (χ1v) is 5.36. The lowest BCUT2D eigenvalue weighted by Crippen LogP contribution is -2.36. The number of unbranched alkanes of at least 4 members (excludes halogenated alkanes) is 1. The Morgan fingerprint density at radius 2 is 1.20 bits per heavy atom. The van der Waals surface area contributed by atoms with Crippen LogP contribution in [0.25, 0.3) is 0 Å². The van der Waals surface area contributed by atoms with E-state index in [1.807, 2.05) is 0 Å². The van der Waals surface area contributed by atoms with Crippen molar-refractivity contribution in [1.29, 1.82) is 0 Å². The molecule has 0 saturated carbocycles. The summed E-state index contributed by atoms with van der Waals surface area (Å²) in [7, 11) is 6.54. The summed E-state index contributed by atoms with van der Waals surface area (Å²) in [4.78, 5) is 0.